The Hall–Kier alpha value is -1.73. The fourth-order valence-electron chi connectivity index (χ4n) is 3.07. The first-order valence-electron chi connectivity index (χ1n) is 7.90. The average molecular weight is 305 g/mol. The van der Waals surface area contributed by atoms with Crippen molar-refractivity contribution in [3.05, 3.63) is 18.5 Å². The van der Waals surface area contributed by atoms with Gasteiger partial charge in [0.2, 0.25) is 11.9 Å². The van der Waals surface area contributed by atoms with Gasteiger partial charge in [-0.25, -0.2) is 9.97 Å². The molecule has 1 aromatic rings. The number of carbonyl (C=O) groups excluding carboxylic acids is 1. The molecule has 2 N–H and O–H groups in total. The van der Waals surface area contributed by atoms with Crippen LogP contribution < -0.4 is 10.6 Å². The van der Waals surface area contributed by atoms with Crippen molar-refractivity contribution in [3.8, 4) is 0 Å². The molecule has 0 aromatic carbocycles. The molecule has 2 aliphatic heterocycles. The summed E-state index contributed by atoms with van der Waals surface area (Å²) in [4.78, 5) is 25.0. The van der Waals surface area contributed by atoms with Gasteiger partial charge in [0.15, 0.2) is 0 Å². The minimum atomic E-state index is -0.400. The zero-order chi connectivity index (χ0) is 15.4. The van der Waals surface area contributed by atoms with E-state index in [4.69, 9.17) is 10.5 Å². The molecule has 0 aliphatic carbocycles. The lowest BCUT2D eigenvalue weighted by atomic mass is 9.91. The summed E-state index contributed by atoms with van der Waals surface area (Å²) in [7, 11) is 0. The first-order valence-corrected chi connectivity index (χ1v) is 7.90. The van der Waals surface area contributed by atoms with Gasteiger partial charge < -0.3 is 20.3 Å². The van der Waals surface area contributed by atoms with Crippen LogP contribution in [0.4, 0.5) is 5.95 Å². The SMILES string of the molecule is NC(C(=O)N1CCN(c2ncccn2)CC1)C1CCOCC1. The van der Waals surface area contributed by atoms with E-state index in [1.54, 1.807) is 18.5 Å². The zero-order valence-corrected chi connectivity index (χ0v) is 12.7. The number of carbonyl (C=O) groups is 1. The number of anilines is 1. The smallest absolute Gasteiger partial charge is 0.239 e. The summed E-state index contributed by atoms with van der Waals surface area (Å²) < 4.78 is 5.34. The van der Waals surface area contributed by atoms with Crippen LogP contribution in [0.25, 0.3) is 0 Å². The zero-order valence-electron chi connectivity index (χ0n) is 12.7. The Bertz CT molecular complexity index is 484. The largest absolute Gasteiger partial charge is 0.381 e. The van der Waals surface area contributed by atoms with Gasteiger partial charge in [0, 0.05) is 51.8 Å². The predicted molar refractivity (Wildman–Crippen MR) is 82.3 cm³/mol. The van der Waals surface area contributed by atoms with Gasteiger partial charge in [-0.05, 0) is 24.8 Å². The van der Waals surface area contributed by atoms with Crippen LogP contribution in [0.2, 0.25) is 0 Å². The van der Waals surface area contributed by atoms with E-state index in [1.165, 1.54) is 0 Å². The number of nitrogens with two attached hydrogens (primary N) is 1. The van der Waals surface area contributed by atoms with E-state index in [9.17, 15) is 4.79 Å². The van der Waals surface area contributed by atoms with Crippen LogP contribution in [-0.4, -0.2) is 66.2 Å². The number of ether oxygens (including phenoxy) is 1. The van der Waals surface area contributed by atoms with E-state index < -0.39 is 6.04 Å². The number of hydrogen-bond donors (Lipinski definition) is 1. The maximum absolute atomic E-state index is 12.6. The minimum Gasteiger partial charge on any atom is -0.381 e. The van der Waals surface area contributed by atoms with Gasteiger partial charge in [-0.15, -0.1) is 0 Å². The van der Waals surface area contributed by atoms with Crippen molar-refractivity contribution in [2.45, 2.75) is 18.9 Å². The Labute approximate surface area is 130 Å². The van der Waals surface area contributed by atoms with Crippen molar-refractivity contribution in [1.29, 1.82) is 0 Å². The molecule has 2 aliphatic rings. The number of amides is 1. The van der Waals surface area contributed by atoms with Crippen molar-refractivity contribution in [3.63, 3.8) is 0 Å². The molecule has 120 valence electrons. The van der Waals surface area contributed by atoms with Crippen LogP contribution in [0.1, 0.15) is 12.8 Å². The second-order valence-corrected chi connectivity index (χ2v) is 5.84. The van der Waals surface area contributed by atoms with E-state index in [0.29, 0.717) is 26.3 Å². The molecule has 0 spiro atoms. The lowest BCUT2D eigenvalue weighted by molar-refractivity contribution is -0.135. The highest BCUT2D eigenvalue weighted by atomic mass is 16.5. The lowest BCUT2D eigenvalue weighted by Gasteiger charge is -2.37. The molecule has 1 atom stereocenters. The molecule has 2 saturated heterocycles. The van der Waals surface area contributed by atoms with Crippen LogP contribution in [0.3, 0.4) is 0 Å². The summed E-state index contributed by atoms with van der Waals surface area (Å²) in [5.74, 6) is 1.04. The Morgan fingerprint density at radius 2 is 1.82 bits per heavy atom. The Morgan fingerprint density at radius 1 is 1.18 bits per heavy atom. The molecule has 3 heterocycles. The molecular weight excluding hydrogens is 282 g/mol. The second-order valence-electron chi connectivity index (χ2n) is 5.84. The molecule has 1 unspecified atom stereocenters. The third-order valence-electron chi connectivity index (χ3n) is 4.49. The quantitative estimate of drug-likeness (QED) is 0.838. The van der Waals surface area contributed by atoms with E-state index in [0.717, 1.165) is 31.9 Å². The molecule has 22 heavy (non-hydrogen) atoms. The first kappa shape index (κ1) is 15.2. The van der Waals surface area contributed by atoms with Crippen molar-refractivity contribution >= 4 is 11.9 Å². The van der Waals surface area contributed by atoms with E-state index in [2.05, 4.69) is 14.9 Å². The highest BCUT2D eigenvalue weighted by molar-refractivity contribution is 5.82. The lowest BCUT2D eigenvalue weighted by Crippen LogP contribution is -2.55. The number of rotatable bonds is 3. The Balaban J connectivity index is 1.53. The molecule has 1 aromatic heterocycles. The molecule has 7 nitrogen and oxygen atoms in total. The molecule has 0 saturated carbocycles. The van der Waals surface area contributed by atoms with Gasteiger partial charge in [-0.2, -0.15) is 0 Å². The molecular formula is C15H23N5O2. The fraction of sp³-hybridized carbons (Fsp3) is 0.667. The maximum atomic E-state index is 12.6. The summed E-state index contributed by atoms with van der Waals surface area (Å²) in [6.07, 6.45) is 5.23. The van der Waals surface area contributed by atoms with Crippen LogP contribution in [0, 0.1) is 5.92 Å². The van der Waals surface area contributed by atoms with Crippen LogP contribution in [0.5, 0.6) is 0 Å². The number of nitrogens with zero attached hydrogens (tertiary/aromatic N) is 4. The summed E-state index contributed by atoms with van der Waals surface area (Å²) in [5, 5.41) is 0. The normalized spacial score (nSPS) is 21.7. The van der Waals surface area contributed by atoms with Gasteiger partial charge in [-0.1, -0.05) is 0 Å². The highest BCUT2D eigenvalue weighted by Gasteiger charge is 2.31. The first-order chi connectivity index (χ1) is 10.8. The second kappa shape index (κ2) is 7.02. The van der Waals surface area contributed by atoms with Gasteiger partial charge in [-0.3, -0.25) is 4.79 Å². The molecule has 0 bridgehead atoms. The predicted octanol–water partition coefficient (Wildman–Crippen LogP) is -0.121. The van der Waals surface area contributed by atoms with Gasteiger partial charge in [0.1, 0.15) is 0 Å². The average Bonchev–Trinajstić information content (AvgIpc) is 2.62. The minimum absolute atomic E-state index is 0.0699. The van der Waals surface area contributed by atoms with Crippen molar-refractivity contribution < 1.29 is 9.53 Å². The molecule has 0 radical (unpaired) electrons. The maximum Gasteiger partial charge on any atom is 0.239 e. The monoisotopic (exact) mass is 305 g/mol. The van der Waals surface area contributed by atoms with Crippen molar-refractivity contribution in [2.24, 2.45) is 11.7 Å². The van der Waals surface area contributed by atoms with E-state index in [-0.39, 0.29) is 11.8 Å². The summed E-state index contributed by atoms with van der Waals surface area (Å²) in [6.45, 7) is 4.27. The summed E-state index contributed by atoms with van der Waals surface area (Å²) in [6, 6.07) is 1.40. The molecule has 3 rings (SSSR count). The molecule has 7 heteroatoms. The standard InChI is InChI=1S/C15H23N5O2/c16-13(12-2-10-22-11-3-12)14(21)19-6-8-20(9-7-19)15-17-4-1-5-18-15/h1,4-5,12-13H,2-3,6-11,16H2. The van der Waals surface area contributed by atoms with Gasteiger partial charge >= 0.3 is 0 Å². The van der Waals surface area contributed by atoms with Crippen molar-refractivity contribution in [2.75, 3.05) is 44.3 Å². The van der Waals surface area contributed by atoms with Gasteiger partial charge in [0.05, 0.1) is 6.04 Å². The van der Waals surface area contributed by atoms with Crippen molar-refractivity contribution in [1.82, 2.24) is 14.9 Å². The van der Waals surface area contributed by atoms with Crippen LogP contribution >= 0.6 is 0 Å². The number of aromatic nitrogens is 2. The number of piperazine rings is 1. The van der Waals surface area contributed by atoms with E-state index in [1.807, 2.05) is 4.90 Å². The van der Waals surface area contributed by atoms with Gasteiger partial charge in [0.25, 0.3) is 0 Å². The van der Waals surface area contributed by atoms with Crippen LogP contribution in [0.15, 0.2) is 18.5 Å². The molecule has 2 fully saturated rings. The summed E-state index contributed by atoms with van der Waals surface area (Å²) in [5.41, 5.74) is 6.18. The Kier molecular flexibility index (Phi) is 4.84. The third kappa shape index (κ3) is 3.36. The number of hydrogen-bond acceptors (Lipinski definition) is 6. The van der Waals surface area contributed by atoms with E-state index >= 15 is 0 Å². The highest BCUT2D eigenvalue weighted by Crippen LogP contribution is 2.20. The molecule has 1 amide bonds. The van der Waals surface area contributed by atoms with Crippen LogP contribution in [-0.2, 0) is 9.53 Å². The Morgan fingerprint density at radius 3 is 2.45 bits per heavy atom. The fourth-order valence-corrected chi connectivity index (χ4v) is 3.07. The topological polar surface area (TPSA) is 84.6 Å². The third-order valence-corrected chi connectivity index (χ3v) is 4.49. The summed E-state index contributed by atoms with van der Waals surface area (Å²) >= 11 is 0.